The Hall–Kier alpha value is -3.48. The summed E-state index contributed by atoms with van der Waals surface area (Å²) in [7, 11) is 0. The molecule has 31 heavy (non-hydrogen) atoms. The minimum absolute atomic E-state index is 0.00581. The monoisotopic (exact) mass is 417 g/mol. The van der Waals surface area contributed by atoms with Gasteiger partial charge < -0.3 is 15.1 Å². The third-order valence-corrected chi connectivity index (χ3v) is 6.25. The van der Waals surface area contributed by atoms with E-state index in [4.69, 9.17) is 0 Å². The molecule has 0 bridgehead atoms. The molecule has 2 aliphatic rings. The summed E-state index contributed by atoms with van der Waals surface area (Å²) in [5.41, 5.74) is 2.87. The molecule has 7 heteroatoms. The highest BCUT2D eigenvalue weighted by atomic mass is 19.1. The van der Waals surface area contributed by atoms with E-state index >= 15 is 0 Å². The second kappa shape index (κ2) is 8.34. The lowest BCUT2D eigenvalue weighted by Gasteiger charge is -2.49. The largest absolute Gasteiger partial charge is 0.364 e. The first-order valence-corrected chi connectivity index (χ1v) is 10.6. The first-order chi connectivity index (χ1) is 15.2. The highest BCUT2D eigenvalue weighted by Gasteiger charge is 2.41. The first-order valence-electron chi connectivity index (χ1n) is 10.6. The van der Waals surface area contributed by atoms with E-state index in [0.717, 1.165) is 18.9 Å². The summed E-state index contributed by atoms with van der Waals surface area (Å²) in [6, 6.07) is 14.8. The number of halogens is 1. The number of hydrogen-bond acceptors (Lipinski definition) is 5. The molecule has 2 aliphatic heterocycles. The molecule has 0 saturated carbocycles. The van der Waals surface area contributed by atoms with Crippen LogP contribution in [0.15, 0.2) is 67.1 Å². The van der Waals surface area contributed by atoms with Crippen molar-refractivity contribution in [3.63, 3.8) is 0 Å². The summed E-state index contributed by atoms with van der Waals surface area (Å²) < 4.78 is 14.0. The number of fused-ring (bicyclic) bond motifs is 3. The number of benzene rings is 2. The molecule has 2 unspecified atom stereocenters. The van der Waals surface area contributed by atoms with E-state index < -0.39 is 0 Å². The number of anilines is 2. The second-order valence-corrected chi connectivity index (χ2v) is 8.02. The van der Waals surface area contributed by atoms with Gasteiger partial charge in [0.1, 0.15) is 11.6 Å². The third-order valence-electron chi connectivity index (χ3n) is 6.25. The van der Waals surface area contributed by atoms with E-state index in [9.17, 15) is 9.18 Å². The van der Waals surface area contributed by atoms with Crippen LogP contribution in [-0.4, -0.2) is 41.6 Å². The summed E-state index contributed by atoms with van der Waals surface area (Å²) in [4.78, 5) is 26.5. The summed E-state index contributed by atoms with van der Waals surface area (Å²) in [6.07, 6.45) is 5.78. The molecule has 3 aromatic rings. The molecular formula is C24H24FN5O. The maximum atomic E-state index is 14.0. The van der Waals surface area contributed by atoms with E-state index in [1.54, 1.807) is 36.8 Å². The van der Waals surface area contributed by atoms with Gasteiger partial charge in [0, 0.05) is 49.8 Å². The molecule has 1 fully saturated rings. The fourth-order valence-corrected chi connectivity index (χ4v) is 4.68. The minimum Gasteiger partial charge on any atom is -0.364 e. The van der Waals surface area contributed by atoms with Gasteiger partial charge in [-0.05, 0) is 24.1 Å². The number of aromatic nitrogens is 2. The van der Waals surface area contributed by atoms with Crippen LogP contribution in [0.3, 0.4) is 0 Å². The van der Waals surface area contributed by atoms with Crippen molar-refractivity contribution in [3.8, 4) is 0 Å². The number of carbonyl (C=O) groups is 1. The molecule has 2 aromatic carbocycles. The van der Waals surface area contributed by atoms with Crippen LogP contribution in [0, 0.1) is 11.7 Å². The molecule has 5 rings (SSSR count). The van der Waals surface area contributed by atoms with E-state index in [0.29, 0.717) is 18.5 Å². The van der Waals surface area contributed by atoms with Crippen LogP contribution in [0.5, 0.6) is 0 Å². The van der Waals surface area contributed by atoms with Crippen LogP contribution in [0.25, 0.3) is 0 Å². The Kier molecular flexibility index (Phi) is 5.24. The third kappa shape index (κ3) is 3.83. The Morgan fingerprint density at radius 2 is 1.94 bits per heavy atom. The number of nitrogens with one attached hydrogen (secondary N) is 1. The predicted molar refractivity (Wildman–Crippen MR) is 117 cm³/mol. The normalized spacial score (nSPS) is 20.0. The zero-order valence-electron chi connectivity index (χ0n) is 17.1. The number of hydrogen-bond donors (Lipinski definition) is 1. The zero-order chi connectivity index (χ0) is 21.2. The van der Waals surface area contributed by atoms with Crippen LogP contribution < -0.4 is 15.1 Å². The topological polar surface area (TPSA) is 61.4 Å². The molecule has 0 spiro atoms. The number of piperazine rings is 1. The van der Waals surface area contributed by atoms with Crippen molar-refractivity contribution in [2.75, 3.05) is 29.4 Å². The number of para-hydroxylation sites is 1. The lowest BCUT2D eigenvalue weighted by Crippen LogP contribution is -2.61. The second-order valence-electron chi connectivity index (χ2n) is 8.02. The summed E-state index contributed by atoms with van der Waals surface area (Å²) in [5, 5.41) is 2.98. The van der Waals surface area contributed by atoms with Crippen molar-refractivity contribution >= 4 is 17.4 Å². The lowest BCUT2D eigenvalue weighted by atomic mass is 9.83. The number of nitrogens with zero attached hydrogens (tertiary/aromatic N) is 4. The van der Waals surface area contributed by atoms with E-state index in [-0.39, 0.29) is 30.2 Å². The number of amides is 1. The van der Waals surface area contributed by atoms with Gasteiger partial charge in [-0.2, -0.15) is 0 Å². The highest BCUT2D eigenvalue weighted by molar-refractivity contribution is 5.82. The van der Waals surface area contributed by atoms with Crippen LogP contribution in [-0.2, 0) is 17.8 Å². The van der Waals surface area contributed by atoms with Crippen molar-refractivity contribution in [1.82, 2.24) is 15.3 Å². The van der Waals surface area contributed by atoms with Crippen LogP contribution in [0.1, 0.15) is 11.1 Å². The maximum absolute atomic E-state index is 14.0. The van der Waals surface area contributed by atoms with Crippen molar-refractivity contribution < 1.29 is 9.18 Å². The zero-order valence-corrected chi connectivity index (χ0v) is 17.1. The molecule has 0 radical (unpaired) electrons. The average molecular weight is 417 g/mol. The van der Waals surface area contributed by atoms with Crippen molar-refractivity contribution in [3.05, 3.63) is 84.1 Å². The molecule has 1 N–H and O–H groups in total. The van der Waals surface area contributed by atoms with Crippen LogP contribution >= 0.6 is 0 Å². The Labute approximate surface area is 180 Å². The van der Waals surface area contributed by atoms with Gasteiger partial charge in [-0.15, -0.1) is 0 Å². The van der Waals surface area contributed by atoms with Crippen molar-refractivity contribution in [2.45, 2.75) is 19.0 Å². The SMILES string of the molecule is O=C(NCc1ccccc1F)C1Cc2ccccc2N2CCN(c3cnccn3)CC12. The van der Waals surface area contributed by atoms with Gasteiger partial charge in [0.05, 0.1) is 18.2 Å². The fraction of sp³-hybridized carbons (Fsp3) is 0.292. The van der Waals surface area contributed by atoms with Gasteiger partial charge >= 0.3 is 0 Å². The van der Waals surface area contributed by atoms with Gasteiger partial charge in [0.15, 0.2) is 0 Å². The van der Waals surface area contributed by atoms with Crippen molar-refractivity contribution in [1.29, 1.82) is 0 Å². The van der Waals surface area contributed by atoms with Gasteiger partial charge in [-0.3, -0.25) is 9.78 Å². The summed E-state index contributed by atoms with van der Waals surface area (Å²) in [6.45, 7) is 2.48. The van der Waals surface area contributed by atoms with Gasteiger partial charge in [0.25, 0.3) is 0 Å². The predicted octanol–water partition coefficient (Wildman–Crippen LogP) is 2.80. The first kappa shape index (κ1) is 19.5. The molecule has 1 saturated heterocycles. The number of carbonyl (C=O) groups excluding carboxylic acids is 1. The quantitative estimate of drug-likeness (QED) is 0.707. The maximum Gasteiger partial charge on any atom is 0.225 e. The average Bonchev–Trinajstić information content (AvgIpc) is 2.83. The Morgan fingerprint density at radius 3 is 2.77 bits per heavy atom. The van der Waals surface area contributed by atoms with E-state index in [1.807, 2.05) is 12.1 Å². The molecule has 3 heterocycles. The number of rotatable bonds is 4. The van der Waals surface area contributed by atoms with Gasteiger partial charge in [-0.1, -0.05) is 36.4 Å². The molecule has 2 atom stereocenters. The smallest absolute Gasteiger partial charge is 0.225 e. The van der Waals surface area contributed by atoms with Crippen LogP contribution in [0.4, 0.5) is 15.9 Å². The Bertz CT molecular complexity index is 1080. The molecular weight excluding hydrogens is 393 g/mol. The standard InChI is InChI=1S/C24H24FN5O/c25-20-7-3-1-6-18(20)14-28-24(31)19-13-17-5-2-4-8-21(17)30-12-11-29(16-22(19)30)23-15-26-9-10-27-23/h1-10,15,19,22H,11-14,16H2,(H,28,31). The molecule has 6 nitrogen and oxygen atoms in total. The van der Waals surface area contributed by atoms with Gasteiger partial charge in [-0.25, -0.2) is 9.37 Å². The van der Waals surface area contributed by atoms with Crippen LogP contribution in [0.2, 0.25) is 0 Å². The summed E-state index contributed by atoms with van der Waals surface area (Å²) >= 11 is 0. The molecule has 1 amide bonds. The van der Waals surface area contributed by atoms with Gasteiger partial charge in [0.2, 0.25) is 5.91 Å². The Balaban J connectivity index is 1.40. The lowest BCUT2D eigenvalue weighted by molar-refractivity contribution is -0.126. The molecule has 158 valence electrons. The van der Waals surface area contributed by atoms with E-state index in [2.05, 4.69) is 37.2 Å². The highest BCUT2D eigenvalue weighted by Crippen LogP contribution is 2.36. The van der Waals surface area contributed by atoms with Crippen molar-refractivity contribution in [2.24, 2.45) is 5.92 Å². The molecule has 1 aromatic heterocycles. The summed E-state index contributed by atoms with van der Waals surface area (Å²) in [5.74, 6) is 0.242. The van der Waals surface area contributed by atoms with E-state index in [1.165, 1.54) is 17.3 Å². The fourth-order valence-electron chi connectivity index (χ4n) is 4.68. The molecule has 0 aliphatic carbocycles. The minimum atomic E-state index is -0.301. The Morgan fingerprint density at radius 1 is 1.10 bits per heavy atom.